The lowest BCUT2D eigenvalue weighted by Crippen LogP contribution is -2.09. The lowest BCUT2D eigenvalue weighted by Gasteiger charge is -2.26. The maximum Gasteiger partial charge on any atom is 0.0651 e. The van der Waals surface area contributed by atoms with E-state index < -0.39 is 0 Å². The number of nitrogens with zero attached hydrogens (tertiary/aromatic N) is 2. The summed E-state index contributed by atoms with van der Waals surface area (Å²) in [4.78, 5) is 2.22. The highest BCUT2D eigenvalue weighted by Crippen LogP contribution is 2.40. The Balaban J connectivity index is 1.03. The molecule has 0 unspecified atom stereocenters. The van der Waals surface area contributed by atoms with Crippen molar-refractivity contribution < 1.29 is 5.48 Å². The van der Waals surface area contributed by atoms with Crippen LogP contribution in [-0.4, -0.2) is 4.57 Å². The number of anilines is 3. The van der Waals surface area contributed by atoms with Gasteiger partial charge in [-0.05, 0) is 116 Å². The number of fused-ring (bicyclic) bond motifs is 5. The Labute approximate surface area is 343 Å². The maximum absolute atomic E-state index is 9.62. The van der Waals surface area contributed by atoms with Crippen LogP contribution in [0.15, 0.2) is 230 Å². The summed E-state index contributed by atoms with van der Waals surface area (Å²) in [5, 5.41) is 6.82. The molecule has 0 radical (unpaired) electrons. The highest BCUT2D eigenvalue weighted by Gasteiger charge is 2.16. The van der Waals surface area contributed by atoms with Crippen LogP contribution in [0, 0.1) is 0 Å². The molecule has 11 aromatic rings. The lowest BCUT2D eigenvalue weighted by atomic mass is 9.97. The van der Waals surface area contributed by atoms with Gasteiger partial charge >= 0.3 is 0 Å². The second kappa shape index (κ2) is 14.1. The topological polar surface area (TPSA) is 8.17 Å². The van der Waals surface area contributed by atoms with Gasteiger partial charge in [-0.1, -0.05) is 170 Å². The quantitative estimate of drug-likeness (QED) is 0.158. The normalized spacial score (nSPS) is 12.4. The van der Waals surface area contributed by atoms with Crippen LogP contribution in [0.5, 0.6) is 0 Å². The van der Waals surface area contributed by atoms with Gasteiger partial charge in [-0.25, -0.2) is 0 Å². The summed E-state index contributed by atoms with van der Waals surface area (Å²) in [5.41, 5.74) is 10.4. The first-order chi connectivity index (χ1) is 30.4. The molecule has 2 heteroatoms. The Hall–Kier alpha value is -7.68. The second-order valence-corrected chi connectivity index (χ2v) is 14.6. The van der Waals surface area contributed by atoms with Crippen molar-refractivity contribution in [3.63, 3.8) is 0 Å². The van der Waals surface area contributed by atoms with Crippen molar-refractivity contribution in [2.45, 2.75) is 0 Å². The summed E-state index contributed by atoms with van der Waals surface area (Å²) < 4.78 is 38.7. The van der Waals surface area contributed by atoms with Gasteiger partial charge in [-0.2, -0.15) is 0 Å². The fourth-order valence-corrected chi connectivity index (χ4v) is 8.51. The Kier molecular flexibility index (Phi) is 7.20. The zero-order valence-corrected chi connectivity index (χ0v) is 31.5. The Morgan fingerprint density at radius 1 is 0.345 bits per heavy atom. The molecule has 1 aromatic heterocycles. The van der Waals surface area contributed by atoms with Crippen molar-refractivity contribution in [3.8, 4) is 39.1 Å². The van der Waals surface area contributed by atoms with E-state index in [9.17, 15) is 1.37 Å². The first-order valence-electron chi connectivity index (χ1n) is 21.6. The molecule has 1 heterocycles. The molecule has 0 bridgehead atoms. The first kappa shape index (κ1) is 29.6. The molecule has 0 spiro atoms. The lowest BCUT2D eigenvalue weighted by molar-refractivity contribution is 1.18. The van der Waals surface area contributed by atoms with Gasteiger partial charge in [0, 0.05) is 33.5 Å². The molecule has 272 valence electrons. The molecule has 0 aliphatic carbocycles. The van der Waals surface area contributed by atoms with Crippen LogP contribution in [0.4, 0.5) is 17.1 Å². The van der Waals surface area contributed by atoms with Gasteiger partial charge in [0.1, 0.15) is 0 Å². The largest absolute Gasteiger partial charge is 0.311 e. The number of rotatable bonds is 7. The number of hydrogen-bond donors (Lipinski definition) is 0. The fraction of sp³-hybridized carbons (Fsp3) is 0. The van der Waals surface area contributed by atoms with Crippen LogP contribution < -0.4 is 4.90 Å². The van der Waals surface area contributed by atoms with Crippen LogP contribution in [0.25, 0.3) is 82.4 Å². The summed E-state index contributed by atoms with van der Waals surface area (Å²) in [7, 11) is 0. The zero-order valence-electron chi connectivity index (χ0n) is 35.5. The second-order valence-electron chi connectivity index (χ2n) is 14.6. The molecule has 0 N–H and O–H groups in total. The van der Waals surface area contributed by atoms with Crippen LogP contribution in [0.3, 0.4) is 0 Å². The monoisotopic (exact) mass is 742 g/mol. The summed E-state index contributed by atoms with van der Waals surface area (Å²) in [6, 6.07) is 70.5. The van der Waals surface area contributed by atoms with E-state index in [4.69, 9.17) is 4.11 Å². The van der Waals surface area contributed by atoms with E-state index in [0.717, 1.165) is 50.0 Å². The molecule has 2 nitrogen and oxygen atoms in total. The molecular formula is C56H38N2. The summed E-state index contributed by atoms with van der Waals surface area (Å²) >= 11 is 0. The molecule has 58 heavy (non-hydrogen) atoms. The van der Waals surface area contributed by atoms with Crippen LogP contribution in [-0.2, 0) is 0 Å². The van der Waals surface area contributed by atoms with Gasteiger partial charge in [0.05, 0.1) is 16.5 Å². The summed E-state index contributed by atoms with van der Waals surface area (Å²) in [6.07, 6.45) is 0. The minimum Gasteiger partial charge on any atom is -0.311 e. The third kappa shape index (κ3) is 5.82. The average molecular weight is 743 g/mol. The molecule has 0 atom stereocenters. The van der Waals surface area contributed by atoms with E-state index in [1.165, 1.54) is 32.7 Å². The van der Waals surface area contributed by atoms with Gasteiger partial charge in [-0.15, -0.1) is 0 Å². The van der Waals surface area contributed by atoms with E-state index in [-0.39, 0.29) is 24.2 Å². The predicted octanol–water partition coefficient (Wildman–Crippen LogP) is 15.6. The smallest absolute Gasteiger partial charge is 0.0651 e. The first-order valence-corrected chi connectivity index (χ1v) is 19.6. The van der Waals surface area contributed by atoms with Crippen LogP contribution in [0.1, 0.15) is 5.48 Å². The molecule has 10 aromatic carbocycles. The van der Waals surface area contributed by atoms with Crippen molar-refractivity contribution in [2.75, 3.05) is 4.90 Å². The average Bonchev–Trinajstić information content (AvgIpc) is 3.65. The van der Waals surface area contributed by atoms with E-state index in [1.54, 1.807) is 0 Å². The van der Waals surface area contributed by atoms with Crippen molar-refractivity contribution in [3.05, 3.63) is 230 Å². The minimum atomic E-state index is -0.212. The Morgan fingerprint density at radius 3 is 1.26 bits per heavy atom. The number of aromatic nitrogens is 1. The van der Waals surface area contributed by atoms with Crippen LogP contribution in [0.2, 0.25) is 0 Å². The molecule has 0 saturated carbocycles. The molecule has 11 rings (SSSR count). The SMILES string of the molecule is [2H]c1c([2H])c(-c2ccc(N(c3ccc(-c4cccc5ccccc45)cc3)c3ccc(-c4cccc5ccccc45)cc3)cc2)c([2H])c(-n2c3ccccc3c3ccccc32)c1[2H]. The fourth-order valence-electron chi connectivity index (χ4n) is 8.51. The Morgan fingerprint density at radius 2 is 0.759 bits per heavy atom. The minimum absolute atomic E-state index is 0.0418. The predicted molar refractivity (Wildman–Crippen MR) is 247 cm³/mol. The van der Waals surface area contributed by atoms with Crippen molar-refractivity contribution in [1.82, 2.24) is 4.57 Å². The molecular weight excluding hydrogens is 701 g/mol. The van der Waals surface area contributed by atoms with Crippen molar-refractivity contribution in [1.29, 1.82) is 0 Å². The number of hydrogen-bond acceptors (Lipinski definition) is 1. The zero-order chi connectivity index (χ0) is 41.9. The highest BCUT2D eigenvalue weighted by molar-refractivity contribution is 6.09. The molecule has 0 amide bonds. The van der Waals surface area contributed by atoms with Gasteiger partial charge in [-0.3, -0.25) is 0 Å². The van der Waals surface area contributed by atoms with Gasteiger partial charge < -0.3 is 9.47 Å². The van der Waals surface area contributed by atoms with E-state index in [0.29, 0.717) is 16.8 Å². The molecule has 0 aliphatic rings. The number of benzene rings is 10. The highest BCUT2D eigenvalue weighted by atomic mass is 15.1. The van der Waals surface area contributed by atoms with Gasteiger partial charge in [0.25, 0.3) is 0 Å². The van der Waals surface area contributed by atoms with Crippen molar-refractivity contribution >= 4 is 60.4 Å². The van der Waals surface area contributed by atoms with Gasteiger partial charge in [0.15, 0.2) is 0 Å². The summed E-state index contributed by atoms with van der Waals surface area (Å²) in [5.74, 6) is 0. The van der Waals surface area contributed by atoms with Gasteiger partial charge in [0.2, 0.25) is 0 Å². The van der Waals surface area contributed by atoms with E-state index in [1.807, 2.05) is 77.4 Å². The van der Waals surface area contributed by atoms with E-state index in [2.05, 4.69) is 138 Å². The maximum atomic E-state index is 9.62. The third-order valence-corrected chi connectivity index (χ3v) is 11.3. The Bertz CT molecular complexity index is 3310. The molecule has 0 aliphatic heterocycles. The molecule has 0 fully saturated rings. The summed E-state index contributed by atoms with van der Waals surface area (Å²) in [6.45, 7) is 0. The van der Waals surface area contributed by atoms with E-state index >= 15 is 0 Å². The molecule has 0 saturated heterocycles. The number of para-hydroxylation sites is 2. The van der Waals surface area contributed by atoms with Crippen LogP contribution >= 0.6 is 0 Å². The van der Waals surface area contributed by atoms with Crippen molar-refractivity contribution in [2.24, 2.45) is 0 Å². The standard InChI is InChI=1S/C56H38N2/c1-3-18-49-40(12-1)14-10-22-51(49)42-28-34-46(35-29-42)57(47-36-30-43(31-37-47)52-23-11-15-41-13-2-4-19-50(41)52)45-32-26-39(27-33-45)44-16-9-17-48(38-44)58-55-24-7-5-20-53(55)54-21-6-8-25-56(54)58/h1-38H/i9D,16D,17D,38D. The third-order valence-electron chi connectivity index (χ3n) is 11.3.